The second-order valence-electron chi connectivity index (χ2n) is 6.01. The summed E-state index contributed by atoms with van der Waals surface area (Å²) in [7, 11) is 3.91. The molecule has 2 rings (SSSR count). The predicted octanol–water partition coefficient (Wildman–Crippen LogP) is 1.59. The van der Waals surface area contributed by atoms with E-state index in [-0.39, 0.29) is 12.6 Å². The van der Waals surface area contributed by atoms with Crippen molar-refractivity contribution in [3.63, 3.8) is 0 Å². The summed E-state index contributed by atoms with van der Waals surface area (Å²) < 4.78 is 11.3. The first-order valence-corrected chi connectivity index (χ1v) is 7.14. The molecular weight excluding hydrogens is 230 g/mol. The van der Waals surface area contributed by atoms with Crippen molar-refractivity contribution < 1.29 is 18.8 Å². The molecule has 0 bridgehead atoms. The number of nitrogens with zero attached hydrogens (tertiary/aromatic N) is 1. The lowest BCUT2D eigenvalue weighted by molar-refractivity contribution is -0.947. The van der Waals surface area contributed by atoms with Crippen LogP contribution in [0.1, 0.15) is 32.1 Å². The van der Waals surface area contributed by atoms with E-state index >= 15 is 0 Å². The molecule has 2 aliphatic heterocycles. The molecule has 0 spiro atoms. The van der Waals surface area contributed by atoms with E-state index in [2.05, 4.69) is 7.05 Å². The van der Waals surface area contributed by atoms with Crippen molar-refractivity contribution in [2.45, 2.75) is 38.1 Å². The quantitative estimate of drug-likeness (QED) is 0.566. The van der Waals surface area contributed by atoms with E-state index in [1.807, 2.05) is 0 Å². The minimum atomic E-state index is -0.229. The number of carbonyl (C=O) groups is 1. The van der Waals surface area contributed by atoms with Crippen molar-refractivity contribution in [3.8, 4) is 0 Å². The number of methoxy groups -OCH3 is 1. The lowest BCUT2D eigenvalue weighted by Crippen LogP contribution is -2.61. The van der Waals surface area contributed by atoms with Crippen molar-refractivity contribution in [3.05, 3.63) is 0 Å². The molecule has 4 heteroatoms. The monoisotopic (exact) mass is 256 g/mol. The maximum Gasteiger partial charge on any atom is 0.332 e. The molecule has 0 amide bonds. The smallest absolute Gasteiger partial charge is 0.332 e. The molecule has 104 valence electrons. The van der Waals surface area contributed by atoms with Gasteiger partial charge in [0, 0.05) is 19.4 Å². The minimum absolute atomic E-state index is 0.0729. The van der Waals surface area contributed by atoms with Crippen molar-refractivity contribution in [2.75, 3.05) is 40.5 Å². The van der Waals surface area contributed by atoms with Gasteiger partial charge >= 0.3 is 5.97 Å². The highest BCUT2D eigenvalue weighted by molar-refractivity contribution is 5.70. The summed E-state index contributed by atoms with van der Waals surface area (Å²) in [6.45, 7) is 3.25. The molecule has 2 heterocycles. The summed E-state index contributed by atoms with van der Waals surface area (Å²) in [5.41, 5.74) is 0. The number of fused-ring (bicyclic) bond motifs is 1. The van der Waals surface area contributed by atoms with Crippen molar-refractivity contribution >= 4 is 5.97 Å². The second-order valence-corrected chi connectivity index (χ2v) is 6.01. The van der Waals surface area contributed by atoms with Crippen LogP contribution >= 0.6 is 0 Å². The van der Waals surface area contributed by atoms with Gasteiger partial charge < -0.3 is 14.0 Å². The number of hydrogen-bond acceptors (Lipinski definition) is 3. The van der Waals surface area contributed by atoms with Gasteiger partial charge in [0.15, 0.2) is 0 Å². The highest BCUT2D eigenvalue weighted by Gasteiger charge is 2.43. The zero-order chi connectivity index (χ0) is 13.0. The summed E-state index contributed by atoms with van der Waals surface area (Å²) in [6.07, 6.45) is 6.45. The lowest BCUT2D eigenvalue weighted by atomic mass is 9.82. The Balaban J connectivity index is 1.89. The maximum atomic E-state index is 11.4. The van der Waals surface area contributed by atoms with Crippen molar-refractivity contribution in [1.82, 2.24) is 0 Å². The Hall–Kier alpha value is -0.610. The first-order chi connectivity index (χ1) is 8.65. The Labute approximate surface area is 110 Å². The van der Waals surface area contributed by atoms with Gasteiger partial charge in [0.1, 0.15) is 6.61 Å². The number of rotatable bonds is 4. The third-order valence-corrected chi connectivity index (χ3v) is 4.73. The largest absolute Gasteiger partial charge is 0.463 e. The Bertz CT molecular complexity index is 291. The van der Waals surface area contributed by atoms with Crippen LogP contribution in [-0.2, 0) is 14.3 Å². The van der Waals surface area contributed by atoms with Crippen LogP contribution in [-0.4, -0.2) is 57.0 Å². The molecule has 0 unspecified atom stereocenters. The fourth-order valence-corrected chi connectivity index (χ4v) is 3.79. The fraction of sp³-hybridized carbons (Fsp3) is 0.929. The van der Waals surface area contributed by atoms with E-state index in [1.165, 1.54) is 56.8 Å². The fourth-order valence-electron chi connectivity index (χ4n) is 3.79. The highest BCUT2D eigenvalue weighted by Crippen LogP contribution is 2.36. The molecule has 0 N–H and O–H groups in total. The normalized spacial score (nSPS) is 35.9. The van der Waals surface area contributed by atoms with E-state index in [1.54, 1.807) is 0 Å². The van der Waals surface area contributed by atoms with Crippen molar-refractivity contribution in [2.24, 2.45) is 5.92 Å². The highest BCUT2D eigenvalue weighted by atomic mass is 16.6. The van der Waals surface area contributed by atoms with Crippen LogP contribution in [0.25, 0.3) is 0 Å². The van der Waals surface area contributed by atoms with Crippen LogP contribution < -0.4 is 0 Å². The van der Waals surface area contributed by atoms with Gasteiger partial charge in [-0.1, -0.05) is 0 Å². The first kappa shape index (κ1) is 13.8. The Morgan fingerprint density at radius 1 is 1.22 bits per heavy atom. The summed E-state index contributed by atoms with van der Waals surface area (Å²) >= 11 is 0. The van der Waals surface area contributed by atoms with Gasteiger partial charge in [-0.05, 0) is 25.7 Å². The second kappa shape index (κ2) is 6.02. The Morgan fingerprint density at radius 2 is 2.00 bits per heavy atom. The van der Waals surface area contributed by atoms with Gasteiger partial charge in [-0.2, -0.15) is 0 Å². The predicted molar refractivity (Wildman–Crippen MR) is 69.1 cm³/mol. The maximum absolute atomic E-state index is 11.4. The van der Waals surface area contributed by atoms with Crippen LogP contribution in [0.15, 0.2) is 0 Å². The van der Waals surface area contributed by atoms with E-state index < -0.39 is 0 Å². The molecular formula is C14H26NO3+. The zero-order valence-electron chi connectivity index (χ0n) is 11.7. The average molecular weight is 256 g/mol. The Kier molecular flexibility index (Phi) is 4.62. The van der Waals surface area contributed by atoms with Crippen LogP contribution in [0.2, 0.25) is 0 Å². The average Bonchev–Trinajstić information content (AvgIpc) is 2.35. The SMILES string of the molecule is COCC(=O)OC[C@@H]1CCC[N@+]2(C)CCCC[C@H]12. The molecule has 0 radical (unpaired) electrons. The van der Waals surface area contributed by atoms with Gasteiger partial charge in [-0.25, -0.2) is 4.79 Å². The molecule has 2 saturated heterocycles. The van der Waals surface area contributed by atoms with Gasteiger partial charge in [-0.15, -0.1) is 0 Å². The van der Waals surface area contributed by atoms with Crippen LogP contribution in [0.4, 0.5) is 0 Å². The molecule has 2 fully saturated rings. The summed E-state index contributed by atoms with van der Waals surface area (Å²) in [5, 5.41) is 0. The number of piperidine rings is 2. The molecule has 0 aromatic rings. The number of ether oxygens (including phenoxy) is 2. The summed E-state index contributed by atoms with van der Waals surface area (Å²) in [5.74, 6) is 0.318. The van der Waals surface area contributed by atoms with Crippen LogP contribution in [0.3, 0.4) is 0 Å². The van der Waals surface area contributed by atoms with E-state index in [9.17, 15) is 4.79 Å². The number of quaternary nitrogens is 1. The molecule has 4 nitrogen and oxygen atoms in total. The molecule has 0 saturated carbocycles. The summed E-state index contributed by atoms with van der Waals surface area (Å²) in [6, 6.07) is 0.697. The standard InChI is InChI=1S/C14H26NO3/c1-15-8-4-3-7-13(15)12(6-5-9-15)10-18-14(16)11-17-2/h12-13H,3-11H2,1-2H3/q+1/t12-,13+,15-/m0/s1. The third kappa shape index (κ3) is 3.04. The molecule has 0 aromatic heterocycles. The topological polar surface area (TPSA) is 35.5 Å². The van der Waals surface area contributed by atoms with Crippen LogP contribution in [0.5, 0.6) is 0 Å². The number of hydrogen-bond donors (Lipinski definition) is 0. The van der Waals surface area contributed by atoms with Crippen molar-refractivity contribution in [1.29, 1.82) is 0 Å². The van der Waals surface area contributed by atoms with E-state index in [0.29, 0.717) is 18.6 Å². The van der Waals surface area contributed by atoms with Gasteiger partial charge in [-0.3, -0.25) is 0 Å². The molecule has 0 aromatic carbocycles. The van der Waals surface area contributed by atoms with Gasteiger partial charge in [0.05, 0.1) is 32.8 Å². The van der Waals surface area contributed by atoms with Gasteiger partial charge in [0.25, 0.3) is 0 Å². The molecule has 2 aliphatic rings. The third-order valence-electron chi connectivity index (χ3n) is 4.73. The number of esters is 1. The minimum Gasteiger partial charge on any atom is -0.463 e. The Morgan fingerprint density at radius 3 is 2.78 bits per heavy atom. The molecule has 18 heavy (non-hydrogen) atoms. The van der Waals surface area contributed by atoms with Crippen LogP contribution in [0, 0.1) is 5.92 Å². The van der Waals surface area contributed by atoms with Gasteiger partial charge in [0.2, 0.25) is 0 Å². The zero-order valence-corrected chi connectivity index (χ0v) is 11.7. The summed E-state index contributed by atoms with van der Waals surface area (Å²) in [4.78, 5) is 11.4. The lowest BCUT2D eigenvalue weighted by Gasteiger charge is -2.51. The first-order valence-electron chi connectivity index (χ1n) is 7.14. The molecule has 3 atom stereocenters. The van der Waals surface area contributed by atoms with E-state index in [4.69, 9.17) is 9.47 Å². The number of carbonyl (C=O) groups excluding carboxylic acids is 1. The van der Waals surface area contributed by atoms with E-state index in [0.717, 1.165) is 0 Å². The molecule has 0 aliphatic carbocycles.